The third-order valence-electron chi connectivity index (χ3n) is 3.08. The quantitative estimate of drug-likeness (QED) is 0.928. The highest BCUT2D eigenvalue weighted by Crippen LogP contribution is 2.27. The van der Waals surface area contributed by atoms with E-state index in [1.54, 1.807) is 7.11 Å². The Labute approximate surface area is 120 Å². The molecule has 1 heterocycles. The van der Waals surface area contributed by atoms with Gasteiger partial charge in [0.2, 0.25) is 0 Å². The third kappa shape index (κ3) is 3.07. The summed E-state index contributed by atoms with van der Waals surface area (Å²) in [6.45, 7) is 6.43. The van der Waals surface area contributed by atoms with Crippen LogP contribution < -0.4 is 10.1 Å². The molecule has 0 atom stereocenters. The summed E-state index contributed by atoms with van der Waals surface area (Å²) >= 11 is 0. The van der Waals surface area contributed by atoms with Crippen LogP contribution in [-0.2, 0) is 5.41 Å². The first-order chi connectivity index (χ1) is 9.44. The summed E-state index contributed by atoms with van der Waals surface area (Å²) in [5.74, 6) is 2.33. The van der Waals surface area contributed by atoms with Gasteiger partial charge in [-0.2, -0.15) is 0 Å². The van der Waals surface area contributed by atoms with Crippen LogP contribution in [0.15, 0.2) is 30.3 Å². The number of hydrogen-bond donors (Lipinski definition) is 1. The first-order valence-electron chi connectivity index (χ1n) is 6.66. The van der Waals surface area contributed by atoms with Gasteiger partial charge in [0, 0.05) is 24.1 Å². The Morgan fingerprint density at radius 3 is 2.45 bits per heavy atom. The zero-order chi connectivity index (χ0) is 14.8. The van der Waals surface area contributed by atoms with Crippen molar-refractivity contribution in [2.24, 2.45) is 0 Å². The zero-order valence-corrected chi connectivity index (χ0v) is 12.7. The van der Waals surface area contributed by atoms with Gasteiger partial charge in [0.1, 0.15) is 11.6 Å². The van der Waals surface area contributed by atoms with Crippen LogP contribution in [0.3, 0.4) is 0 Å². The molecule has 0 aliphatic heterocycles. The second kappa shape index (κ2) is 5.49. The fourth-order valence-electron chi connectivity index (χ4n) is 1.85. The highest BCUT2D eigenvalue weighted by molar-refractivity contribution is 5.60. The molecule has 0 spiro atoms. The Morgan fingerprint density at radius 1 is 1.10 bits per heavy atom. The molecule has 2 rings (SSSR count). The number of aromatic nitrogens is 2. The van der Waals surface area contributed by atoms with E-state index in [0.717, 1.165) is 22.8 Å². The molecule has 1 aromatic carbocycles. The zero-order valence-electron chi connectivity index (χ0n) is 12.7. The molecule has 0 saturated heterocycles. The predicted molar refractivity (Wildman–Crippen MR) is 82.3 cm³/mol. The Morgan fingerprint density at radius 2 is 1.85 bits per heavy atom. The van der Waals surface area contributed by atoms with E-state index in [1.807, 2.05) is 37.4 Å². The van der Waals surface area contributed by atoms with E-state index in [9.17, 15) is 0 Å². The molecule has 0 aliphatic carbocycles. The monoisotopic (exact) mass is 271 g/mol. The van der Waals surface area contributed by atoms with Crippen molar-refractivity contribution >= 4 is 5.82 Å². The van der Waals surface area contributed by atoms with Crippen molar-refractivity contribution in [3.05, 3.63) is 36.0 Å². The van der Waals surface area contributed by atoms with Gasteiger partial charge in [-0.25, -0.2) is 9.97 Å². The largest absolute Gasteiger partial charge is 0.497 e. The molecule has 2 aromatic rings. The SMILES string of the molecule is CNc1cc(C(C)(C)C)nc(-c2cccc(OC)c2)n1. The van der Waals surface area contributed by atoms with E-state index in [0.29, 0.717) is 5.82 Å². The summed E-state index contributed by atoms with van der Waals surface area (Å²) in [4.78, 5) is 9.22. The minimum absolute atomic E-state index is 0.0256. The van der Waals surface area contributed by atoms with E-state index >= 15 is 0 Å². The maximum atomic E-state index is 5.26. The van der Waals surface area contributed by atoms with Gasteiger partial charge in [-0.15, -0.1) is 0 Å². The van der Waals surface area contributed by atoms with Crippen molar-refractivity contribution < 1.29 is 4.74 Å². The van der Waals surface area contributed by atoms with Gasteiger partial charge in [-0.05, 0) is 12.1 Å². The number of nitrogens with one attached hydrogen (secondary N) is 1. The van der Waals surface area contributed by atoms with Gasteiger partial charge in [0.05, 0.1) is 12.8 Å². The number of methoxy groups -OCH3 is 1. The third-order valence-corrected chi connectivity index (χ3v) is 3.08. The average molecular weight is 271 g/mol. The molecule has 0 bridgehead atoms. The molecular weight excluding hydrogens is 250 g/mol. The fraction of sp³-hybridized carbons (Fsp3) is 0.375. The minimum atomic E-state index is -0.0256. The van der Waals surface area contributed by atoms with Gasteiger partial charge >= 0.3 is 0 Å². The van der Waals surface area contributed by atoms with E-state index in [4.69, 9.17) is 9.72 Å². The van der Waals surface area contributed by atoms with Crippen molar-refractivity contribution in [1.29, 1.82) is 0 Å². The predicted octanol–water partition coefficient (Wildman–Crippen LogP) is 3.49. The van der Waals surface area contributed by atoms with Crippen LogP contribution in [0.25, 0.3) is 11.4 Å². The molecule has 1 aromatic heterocycles. The smallest absolute Gasteiger partial charge is 0.161 e. The minimum Gasteiger partial charge on any atom is -0.497 e. The second-order valence-corrected chi connectivity index (χ2v) is 5.69. The first-order valence-corrected chi connectivity index (χ1v) is 6.66. The van der Waals surface area contributed by atoms with Crippen molar-refractivity contribution in [2.75, 3.05) is 19.5 Å². The highest BCUT2D eigenvalue weighted by atomic mass is 16.5. The maximum absolute atomic E-state index is 5.26. The van der Waals surface area contributed by atoms with Crippen LogP contribution >= 0.6 is 0 Å². The molecule has 0 fully saturated rings. The van der Waals surface area contributed by atoms with E-state index in [-0.39, 0.29) is 5.41 Å². The van der Waals surface area contributed by atoms with Crippen molar-refractivity contribution in [1.82, 2.24) is 9.97 Å². The summed E-state index contributed by atoms with van der Waals surface area (Å²) in [6, 6.07) is 9.78. The van der Waals surface area contributed by atoms with Gasteiger partial charge in [-0.3, -0.25) is 0 Å². The van der Waals surface area contributed by atoms with Gasteiger partial charge < -0.3 is 10.1 Å². The molecule has 4 heteroatoms. The van der Waals surface area contributed by atoms with Crippen molar-refractivity contribution in [2.45, 2.75) is 26.2 Å². The Bertz CT molecular complexity index is 603. The highest BCUT2D eigenvalue weighted by Gasteiger charge is 2.18. The van der Waals surface area contributed by atoms with E-state index in [2.05, 4.69) is 31.1 Å². The summed E-state index contributed by atoms with van der Waals surface area (Å²) in [6.07, 6.45) is 0. The van der Waals surface area contributed by atoms with Gasteiger partial charge in [-0.1, -0.05) is 32.9 Å². The van der Waals surface area contributed by atoms with E-state index in [1.165, 1.54) is 0 Å². The molecule has 1 N–H and O–H groups in total. The van der Waals surface area contributed by atoms with Crippen LogP contribution in [0.1, 0.15) is 26.5 Å². The topological polar surface area (TPSA) is 47.0 Å². The Hall–Kier alpha value is -2.10. The average Bonchev–Trinajstić information content (AvgIpc) is 2.46. The van der Waals surface area contributed by atoms with Crippen LogP contribution in [0.5, 0.6) is 5.75 Å². The molecule has 20 heavy (non-hydrogen) atoms. The van der Waals surface area contributed by atoms with E-state index < -0.39 is 0 Å². The molecule has 0 unspecified atom stereocenters. The number of benzene rings is 1. The van der Waals surface area contributed by atoms with Crippen molar-refractivity contribution in [3.63, 3.8) is 0 Å². The standard InChI is InChI=1S/C16H21N3O/c1-16(2,3)13-10-14(17-4)19-15(18-13)11-7-6-8-12(9-11)20-5/h6-10H,1-5H3,(H,17,18,19). The summed E-state index contributed by atoms with van der Waals surface area (Å²) in [5.41, 5.74) is 1.93. The molecule has 106 valence electrons. The number of ether oxygens (including phenoxy) is 1. The molecule has 0 amide bonds. The van der Waals surface area contributed by atoms with Gasteiger partial charge in [0.15, 0.2) is 5.82 Å². The number of anilines is 1. The molecule has 0 radical (unpaired) electrons. The van der Waals surface area contributed by atoms with Crippen LogP contribution in [-0.4, -0.2) is 24.1 Å². The summed E-state index contributed by atoms with van der Waals surface area (Å²) in [7, 11) is 3.52. The van der Waals surface area contributed by atoms with Crippen LogP contribution in [0.4, 0.5) is 5.82 Å². The second-order valence-electron chi connectivity index (χ2n) is 5.69. The summed E-state index contributed by atoms with van der Waals surface area (Å²) < 4.78 is 5.26. The van der Waals surface area contributed by atoms with Crippen LogP contribution in [0, 0.1) is 0 Å². The fourth-order valence-corrected chi connectivity index (χ4v) is 1.85. The number of rotatable bonds is 3. The summed E-state index contributed by atoms with van der Waals surface area (Å²) in [5, 5.41) is 3.10. The Kier molecular flexibility index (Phi) is 3.93. The molecular formula is C16H21N3O. The maximum Gasteiger partial charge on any atom is 0.161 e. The lowest BCUT2D eigenvalue weighted by atomic mass is 9.92. The van der Waals surface area contributed by atoms with Crippen molar-refractivity contribution in [3.8, 4) is 17.1 Å². The Balaban J connectivity index is 2.55. The molecule has 0 saturated carbocycles. The normalized spacial score (nSPS) is 11.2. The molecule has 4 nitrogen and oxygen atoms in total. The van der Waals surface area contributed by atoms with Crippen LogP contribution in [0.2, 0.25) is 0 Å². The number of nitrogens with zero attached hydrogens (tertiary/aromatic N) is 2. The lowest BCUT2D eigenvalue weighted by Gasteiger charge is -2.19. The molecule has 0 aliphatic rings. The lowest BCUT2D eigenvalue weighted by molar-refractivity contribution is 0.415. The first kappa shape index (κ1) is 14.3. The van der Waals surface area contributed by atoms with Gasteiger partial charge in [0.25, 0.3) is 0 Å². The lowest BCUT2D eigenvalue weighted by Crippen LogP contribution is -2.15. The number of hydrogen-bond acceptors (Lipinski definition) is 4.